The van der Waals surface area contributed by atoms with E-state index in [0.29, 0.717) is 11.8 Å². The van der Waals surface area contributed by atoms with Crippen LogP contribution in [0.5, 0.6) is 0 Å². The minimum absolute atomic E-state index is 0.330. The Morgan fingerprint density at radius 2 is 1.38 bits per heavy atom. The number of rotatable bonds is 15. The van der Waals surface area contributed by atoms with Crippen LogP contribution in [0.4, 0.5) is 0 Å². The minimum atomic E-state index is -0.368. The highest BCUT2D eigenvalue weighted by Gasteiger charge is 2.47. The number of thiophene rings is 2. The third kappa shape index (κ3) is 6.75. The van der Waals surface area contributed by atoms with E-state index >= 15 is 0 Å². The highest BCUT2D eigenvalue weighted by molar-refractivity contribution is 7.20. The monoisotopic (exact) mass is 503 g/mol. The van der Waals surface area contributed by atoms with Crippen LogP contribution in [0.15, 0.2) is 22.9 Å². The Hall–Kier alpha value is -0.680. The molecule has 2 aromatic heterocycles. The smallest absolute Gasteiger partial charge is 0.0761 e. The Balaban J connectivity index is 1.77. The molecular formula is C30H49NOS2. The van der Waals surface area contributed by atoms with E-state index in [-0.39, 0.29) is 5.54 Å². The van der Waals surface area contributed by atoms with Crippen LogP contribution in [0.3, 0.4) is 0 Å². The third-order valence-electron chi connectivity index (χ3n) is 8.15. The van der Waals surface area contributed by atoms with E-state index in [2.05, 4.69) is 69.9 Å². The standard InChI is InChI=1S/C30H49NOS2/c1-21(2)9-7-11-23(5)13-14-26-25-16-19-33-28(25)29-27(17-20-34-29)30(26,31-32)18-15-24(6)12-8-10-22(3)4/h16-17,19-24,26,31-32H,7-15,18H2,1-6H3. The SMILES string of the molecule is CC(C)CCCC(C)CCC1c2ccsc2-c2sccc2C1(CCC(C)CCCC(C)C)NO. The van der Waals surface area contributed by atoms with E-state index in [1.807, 2.05) is 22.7 Å². The van der Waals surface area contributed by atoms with Gasteiger partial charge in [-0.3, -0.25) is 0 Å². The average Bonchev–Trinajstić information content (AvgIpc) is 3.45. The lowest BCUT2D eigenvalue weighted by Crippen LogP contribution is -2.47. The van der Waals surface area contributed by atoms with E-state index in [0.717, 1.165) is 37.0 Å². The second-order valence-electron chi connectivity index (χ2n) is 12.0. The summed E-state index contributed by atoms with van der Waals surface area (Å²) in [5.41, 5.74) is 5.39. The van der Waals surface area contributed by atoms with E-state index in [1.54, 1.807) is 0 Å². The molecule has 0 fully saturated rings. The van der Waals surface area contributed by atoms with Gasteiger partial charge in [0.2, 0.25) is 0 Å². The number of nitrogens with one attached hydrogen (secondary N) is 1. The molecule has 0 spiro atoms. The van der Waals surface area contributed by atoms with Gasteiger partial charge in [-0.2, -0.15) is 5.48 Å². The second-order valence-corrected chi connectivity index (χ2v) is 13.8. The highest BCUT2D eigenvalue weighted by atomic mass is 32.1. The molecule has 2 N–H and O–H groups in total. The zero-order valence-corrected chi connectivity index (χ0v) is 24.2. The first-order valence-electron chi connectivity index (χ1n) is 13.9. The number of hydroxylamine groups is 1. The summed E-state index contributed by atoms with van der Waals surface area (Å²) in [6, 6.07) is 4.63. The van der Waals surface area contributed by atoms with Gasteiger partial charge in [0.1, 0.15) is 0 Å². The van der Waals surface area contributed by atoms with Crippen LogP contribution in [0, 0.1) is 23.7 Å². The van der Waals surface area contributed by atoms with Crippen LogP contribution in [-0.2, 0) is 5.54 Å². The van der Waals surface area contributed by atoms with Gasteiger partial charge in [-0.05, 0) is 77.0 Å². The molecule has 0 saturated heterocycles. The first-order chi connectivity index (χ1) is 16.3. The van der Waals surface area contributed by atoms with Crippen LogP contribution >= 0.6 is 22.7 Å². The van der Waals surface area contributed by atoms with Crippen molar-refractivity contribution in [2.45, 2.75) is 117 Å². The van der Waals surface area contributed by atoms with Crippen LogP contribution in [0.25, 0.3) is 9.75 Å². The first kappa shape index (κ1) is 27.9. The Kier molecular flexibility index (Phi) is 10.7. The number of hydrogen-bond acceptors (Lipinski definition) is 4. The summed E-state index contributed by atoms with van der Waals surface area (Å²) in [4.78, 5) is 2.82. The summed E-state index contributed by atoms with van der Waals surface area (Å²) in [7, 11) is 0. The zero-order chi connectivity index (χ0) is 24.7. The summed E-state index contributed by atoms with van der Waals surface area (Å²) in [6.45, 7) is 14.1. The fraction of sp³-hybridized carbons (Fsp3) is 0.733. The van der Waals surface area contributed by atoms with Crippen LogP contribution in [0.1, 0.15) is 123 Å². The topological polar surface area (TPSA) is 32.3 Å². The molecule has 0 aliphatic heterocycles. The molecule has 2 heterocycles. The fourth-order valence-electron chi connectivity index (χ4n) is 5.94. The molecule has 192 valence electrons. The van der Waals surface area contributed by atoms with Crippen molar-refractivity contribution >= 4 is 22.7 Å². The molecule has 4 atom stereocenters. The molecule has 0 bridgehead atoms. The molecule has 3 rings (SSSR count). The van der Waals surface area contributed by atoms with Crippen LogP contribution < -0.4 is 5.48 Å². The quantitative estimate of drug-likeness (QED) is 0.237. The molecule has 0 aromatic carbocycles. The van der Waals surface area contributed by atoms with E-state index in [9.17, 15) is 5.21 Å². The maximum Gasteiger partial charge on any atom is 0.0761 e. The normalized spacial score (nSPS) is 21.6. The van der Waals surface area contributed by atoms with Gasteiger partial charge in [-0.1, -0.05) is 86.5 Å². The molecule has 0 saturated carbocycles. The van der Waals surface area contributed by atoms with Gasteiger partial charge < -0.3 is 5.21 Å². The van der Waals surface area contributed by atoms with Gasteiger partial charge in [-0.25, -0.2) is 0 Å². The second kappa shape index (κ2) is 13.0. The lowest BCUT2D eigenvalue weighted by Gasteiger charge is -2.44. The first-order valence-corrected chi connectivity index (χ1v) is 15.6. The van der Waals surface area contributed by atoms with Gasteiger partial charge in [0, 0.05) is 15.7 Å². The van der Waals surface area contributed by atoms with Gasteiger partial charge in [-0.15, -0.1) is 22.7 Å². The molecule has 4 unspecified atom stereocenters. The lowest BCUT2D eigenvalue weighted by atomic mass is 9.66. The Morgan fingerprint density at radius 1 is 0.794 bits per heavy atom. The van der Waals surface area contributed by atoms with Crippen molar-refractivity contribution < 1.29 is 5.21 Å². The van der Waals surface area contributed by atoms with Crippen LogP contribution in [0.2, 0.25) is 0 Å². The number of hydrogen-bond donors (Lipinski definition) is 2. The van der Waals surface area contributed by atoms with E-state index in [1.165, 1.54) is 65.8 Å². The van der Waals surface area contributed by atoms with Gasteiger partial charge >= 0.3 is 0 Å². The zero-order valence-electron chi connectivity index (χ0n) is 22.5. The van der Waals surface area contributed by atoms with Crippen molar-refractivity contribution in [3.8, 4) is 9.75 Å². The van der Waals surface area contributed by atoms with Gasteiger partial charge in [0.05, 0.1) is 5.54 Å². The maximum atomic E-state index is 10.8. The van der Waals surface area contributed by atoms with Crippen molar-refractivity contribution in [3.05, 3.63) is 34.0 Å². The summed E-state index contributed by atoms with van der Waals surface area (Å²) in [6.07, 6.45) is 12.4. The fourth-order valence-corrected chi connectivity index (χ4v) is 8.08. The van der Waals surface area contributed by atoms with E-state index < -0.39 is 0 Å². The predicted molar refractivity (Wildman–Crippen MR) is 151 cm³/mol. The van der Waals surface area contributed by atoms with Gasteiger partial charge in [0.15, 0.2) is 0 Å². The van der Waals surface area contributed by atoms with Crippen molar-refractivity contribution in [2.75, 3.05) is 0 Å². The molecular weight excluding hydrogens is 454 g/mol. The van der Waals surface area contributed by atoms with Gasteiger partial charge in [0.25, 0.3) is 0 Å². The van der Waals surface area contributed by atoms with Crippen molar-refractivity contribution in [1.82, 2.24) is 5.48 Å². The average molecular weight is 504 g/mol. The number of fused-ring (bicyclic) bond motifs is 3. The molecule has 2 aromatic rings. The Bertz CT molecular complexity index is 854. The van der Waals surface area contributed by atoms with E-state index in [4.69, 9.17) is 0 Å². The summed E-state index contributed by atoms with van der Waals surface area (Å²) in [5, 5.41) is 15.3. The van der Waals surface area contributed by atoms with Crippen molar-refractivity contribution in [1.29, 1.82) is 0 Å². The Labute approximate surface area is 217 Å². The molecule has 0 radical (unpaired) electrons. The minimum Gasteiger partial charge on any atom is -0.316 e. The molecule has 34 heavy (non-hydrogen) atoms. The molecule has 1 aliphatic rings. The molecule has 2 nitrogen and oxygen atoms in total. The van der Waals surface area contributed by atoms with Crippen molar-refractivity contribution in [3.63, 3.8) is 0 Å². The Morgan fingerprint density at radius 3 is 2.00 bits per heavy atom. The molecule has 0 amide bonds. The lowest BCUT2D eigenvalue weighted by molar-refractivity contribution is 0.0262. The summed E-state index contributed by atoms with van der Waals surface area (Å²) >= 11 is 3.72. The third-order valence-corrected chi connectivity index (χ3v) is 10.2. The largest absolute Gasteiger partial charge is 0.316 e. The summed E-state index contributed by atoms with van der Waals surface area (Å²) < 4.78 is 0. The molecule has 1 aliphatic carbocycles. The van der Waals surface area contributed by atoms with Crippen LogP contribution in [-0.4, -0.2) is 5.21 Å². The highest BCUT2D eigenvalue weighted by Crippen LogP contribution is 2.56. The summed E-state index contributed by atoms with van der Waals surface area (Å²) in [5.74, 6) is 3.33. The molecule has 4 heteroatoms. The van der Waals surface area contributed by atoms with Crippen molar-refractivity contribution in [2.24, 2.45) is 23.7 Å². The predicted octanol–water partition coefficient (Wildman–Crippen LogP) is 10.2. The maximum absolute atomic E-state index is 10.8.